The van der Waals surface area contributed by atoms with Crippen molar-refractivity contribution >= 4 is 64.1 Å². The Kier molecular flexibility index (Phi) is 6.20. The summed E-state index contributed by atoms with van der Waals surface area (Å²) in [7, 11) is -8.72. The van der Waals surface area contributed by atoms with Crippen LogP contribution < -0.4 is 4.72 Å². The summed E-state index contributed by atoms with van der Waals surface area (Å²) >= 11 is 0. The van der Waals surface area contributed by atoms with Crippen LogP contribution in [-0.2, 0) is 20.4 Å². The minimum atomic E-state index is -5.17. The first-order chi connectivity index (χ1) is 7.61. The molecular weight excluding hydrogens is 314 g/mol. The van der Waals surface area contributed by atoms with Gasteiger partial charge in [-0.15, -0.1) is 0 Å². The summed E-state index contributed by atoms with van der Waals surface area (Å²) in [6.07, 6.45) is 0. The van der Waals surface area contributed by atoms with Gasteiger partial charge < -0.3 is 9.11 Å². The Balaban J connectivity index is 0.000000421. The zero-order chi connectivity index (χ0) is 13.3. The molecule has 1 aromatic rings. The molecule has 1 aliphatic heterocycles. The second kappa shape index (κ2) is 6.28. The Morgan fingerprint density at radius 3 is 2.00 bits per heavy atom. The molecule has 0 aromatic heterocycles. The number of hydrogen-bond acceptors (Lipinski definition) is 7. The van der Waals surface area contributed by atoms with Gasteiger partial charge in [0.25, 0.3) is 15.9 Å². The summed E-state index contributed by atoms with van der Waals surface area (Å²) in [5.41, 5.74) is 0.220. The monoisotopic (exact) mass is 319 g/mol. The number of amides is 1. The molecule has 1 amide bonds. The van der Waals surface area contributed by atoms with Crippen molar-refractivity contribution in [2.75, 3.05) is 0 Å². The molecule has 0 saturated carbocycles. The van der Waals surface area contributed by atoms with Crippen molar-refractivity contribution in [2.24, 2.45) is 0 Å². The minimum absolute atomic E-state index is 0. The zero-order valence-corrected chi connectivity index (χ0v) is 12.5. The summed E-state index contributed by atoms with van der Waals surface area (Å²) in [4.78, 5) is 11.1. The zero-order valence-electron chi connectivity index (χ0n) is 8.69. The number of hydrogen-bond donors (Lipinski definition) is 1. The van der Waals surface area contributed by atoms with E-state index in [0.29, 0.717) is 0 Å². The molecule has 0 unspecified atom stereocenters. The molecule has 0 spiro atoms. The van der Waals surface area contributed by atoms with Crippen LogP contribution in [0.4, 0.5) is 0 Å². The van der Waals surface area contributed by atoms with Crippen molar-refractivity contribution in [1.29, 1.82) is 0 Å². The summed E-state index contributed by atoms with van der Waals surface area (Å²) in [6.45, 7) is 0. The smallest absolute Gasteiger partial charge is 0.759 e. The van der Waals surface area contributed by atoms with Crippen molar-refractivity contribution in [2.45, 2.75) is 4.90 Å². The van der Waals surface area contributed by atoms with Crippen molar-refractivity contribution in [1.82, 2.24) is 4.72 Å². The first-order valence-electron chi connectivity index (χ1n) is 3.94. The van der Waals surface area contributed by atoms with E-state index >= 15 is 0 Å². The molecule has 1 N–H and O–H groups in total. The van der Waals surface area contributed by atoms with E-state index in [2.05, 4.69) is 0 Å². The van der Waals surface area contributed by atoms with Gasteiger partial charge in [-0.2, -0.15) is 0 Å². The number of benzene rings is 1. The molecule has 0 bridgehead atoms. The van der Waals surface area contributed by atoms with E-state index < -0.39 is 26.3 Å². The number of rotatable bonds is 0. The molecular formula is C7H5CaNO7S2. The first-order valence-corrected chi connectivity index (χ1v) is 6.76. The van der Waals surface area contributed by atoms with Gasteiger partial charge in [-0.05, 0) is 12.1 Å². The fourth-order valence-electron chi connectivity index (χ4n) is 1.12. The number of carbonyl (C=O) groups is 1. The van der Waals surface area contributed by atoms with Gasteiger partial charge in [0.05, 0.1) is 5.56 Å². The molecule has 94 valence electrons. The van der Waals surface area contributed by atoms with Gasteiger partial charge in [0.2, 0.25) is 0 Å². The third-order valence-corrected chi connectivity index (χ3v) is 3.04. The molecule has 18 heavy (non-hydrogen) atoms. The van der Waals surface area contributed by atoms with Gasteiger partial charge in [-0.1, -0.05) is 12.1 Å². The predicted molar refractivity (Wildman–Crippen MR) is 57.3 cm³/mol. The molecule has 1 aliphatic rings. The largest absolute Gasteiger partial charge is 2.00 e. The third kappa shape index (κ3) is 5.18. The van der Waals surface area contributed by atoms with E-state index in [0.717, 1.165) is 0 Å². The fourth-order valence-corrected chi connectivity index (χ4v) is 2.29. The van der Waals surface area contributed by atoms with Crippen molar-refractivity contribution in [3.8, 4) is 0 Å². The van der Waals surface area contributed by atoms with Gasteiger partial charge in [0.1, 0.15) is 4.90 Å². The Labute approximate surface area is 133 Å². The minimum Gasteiger partial charge on any atom is -0.759 e. The molecule has 0 radical (unpaired) electrons. The van der Waals surface area contributed by atoms with Crippen molar-refractivity contribution in [3.05, 3.63) is 29.8 Å². The van der Waals surface area contributed by atoms with Gasteiger partial charge in [-0.25, -0.2) is 13.1 Å². The van der Waals surface area contributed by atoms with Gasteiger partial charge >= 0.3 is 37.7 Å². The second-order valence-electron chi connectivity index (χ2n) is 2.84. The van der Waals surface area contributed by atoms with Crippen LogP contribution in [0.25, 0.3) is 0 Å². The van der Waals surface area contributed by atoms with Crippen LogP contribution in [0.15, 0.2) is 29.2 Å². The molecule has 1 aromatic carbocycles. The number of nitrogens with one attached hydrogen (secondary N) is 1. The van der Waals surface area contributed by atoms with Crippen LogP contribution in [0.3, 0.4) is 0 Å². The first kappa shape index (κ1) is 17.8. The Morgan fingerprint density at radius 1 is 1.11 bits per heavy atom. The van der Waals surface area contributed by atoms with Gasteiger partial charge in [0, 0.05) is 10.4 Å². The molecule has 0 saturated heterocycles. The van der Waals surface area contributed by atoms with Crippen molar-refractivity contribution in [3.63, 3.8) is 0 Å². The fraction of sp³-hybridized carbons (Fsp3) is 0. The maximum atomic E-state index is 11.1. The van der Waals surface area contributed by atoms with Gasteiger partial charge in [0.15, 0.2) is 0 Å². The van der Waals surface area contributed by atoms with Crippen LogP contribution >= 0.6 is 0 Å². The summed E-state index contributed by atoms with van der Waals surface area (Å²) in [5, 5.41) is 0. The summed E-state index contributed by atoms with van der Waals surface area (Å²) in [5.74, 6) is -0.550. The Hall–Kier alpha value is -0.230. The van der Waals surface area contributed by atoms with Crippen LogP contribution in [-0.4, -0.2) is 69.6 Å². The predicted octanol–water partition coefficient (Wildman–Crippen LogP) is -1.60. The van der Waals surface area contributed by atoms with Crippen LogP contribution in [0, 0.1) is 0 Å². The summed E-state index contributed by atoms with van der Waals surface area (Å²) in [6, 6.07) is 6.09. The Morgan fingerprint density at radius 2 is 1.56 bits per heavy atom. The molecule has 0 atom stereocenters. The average Bonchev–Trinajstić information content (AvgIpc) is 2.36. The second-order valence-corrected chi connectivity index (χ2v) is 5.31. The molecule has 1 heterocycles. The molecule has 11 heteroatoms. The Bertz CT molecular complexity index is 644. The van der Waals surface area contributed by atoms with E-state index in [-0.39, 0.29) is 48.2 Å². The standard InChI is InChI=1S/C7H5NO3S.Ca.H2O4S/c9-7-5-3-1-2-4-6(5)12(10,11)8-7;;1-5(2,3)4/h1-4H,(H,8,9);;(H2,1,2,3,4)/q;+2;/p-2. The van der Waals surface area contributed by atoms with E-state index in [1.54, 1.807) is 12.1 Å². The van der Waals surface area contributed by atoms with Gasteiger partial charge in [-0.3, -0.25) is 13.2 Å². The van der Waals surface area contributed by atoms with E-state index in [1.807, 2.05) is 4.72 Å². The molecule has 0 fully saturated rings. The molecule has 0 aliphatic carbocycles. The number of carbonyl (C=O) groups excluding carboxylic acids is 1. The normalized spacial score (nSPS) is 15.6. The quantitative estimate of drug-likeness (QED) is 0.344. The number of sulfonamides is 1. The van der Waals surface area contributed by atoms with E-state index in [4.69, 9.17) is 17.5 Å². The van der Waals surface area contributed by atoms with Crippen LogP contribution in [0.5, 0.6) is 0 Å². The molecule has 8 nitrogen and oxygen atoms in total. The van der Waals surface area contributed by atoms with Crippen molar-refractivity contribution < 1.29 is 30.7 Å². The average molecular weight is 319 g/mol. The maximum absolute atomic E-state index is 11.1. The van der Waals surface area contributed by atoms with Crippen LogP contribution in [0.1, 0.15) is 10.4 Å². The topological polar surface area (TPSA) is 144 Å². The maximum Gasteiger partial charge on any atom is 2.00 e. The third-order valence-electron chi connectivity index (χ3n) is 1.65. The van der Waals surface area contributed by atoms with E-state index in [1.165, 1.54) is 12.1 Å². The van der Waals surface area contributed by atoms with E-state index in [9.17, 15) is 13.2 Å². The summed E-state index contributed by atoms with van der Waals surface area (Å²) < 4.78 is 58.2. The number of fused-ring (bicyclic) bond motifs is 1. The molecule has 2 rings (SSSR count). The van der Waals surface area contributed by atoms with Crippen LogP contribution in [0.2, 0.25) is 0 Å². The SMILES string of the molecule is O=C1NS(=O)(=O)c2ccccc21.O=S(=O)([O-])[O-].[Ca+2].